The van der Waals surface area contributed by atoms with E-state index < -0.39 is 6.61 Å². The number of nitrogens with two attached hydrogens (primary N) is 1. The third-order valence-electron chi connectivity index (χ3n) is 6.82. The Morgan fingerprint density at radius 1 is 1.10 bits per heavy atom. The van der Waals surface area contributed by atoms with Crippen LogP contribution in [0.25, 0.3) is 11.3 Å². The number of aromatic nitrogens is 2. The Morgan fingerprint density at radius 2 is 1.97 bits per heavy atom. The molecule has 2 aromatic rings. The molecule has 1 aliphatic carbocycles. The number of morpholine rings is 1. The molecular weight excluding hydrogens is 392 g/mol. The maximum Gasteiger partial charge on any atom is 0.387 e. The fourth-order valence-corrected chi connectivity index (χ4v) is 5.28. The van der Waals surface area contributed by atoms with Crippen LogP contribution in [0.2, 0.25) is 0 Å². The summed E-state index contributed by atoms with van der Waals surface area (Å²) in [6.07, 6.45) is 5.32. The number of halogens is 2. The lowest BCUT2D eigenvalue weighted by molar-refractivity contribution is -0.0494. The van der Waals surface area contributed by atoms with Crippen LogP contribution in [-0.4, -0.2) is 54.5 Å². The first-order chi connectivity index (χ1) is 14.5. The predicted molar refractivity (Wildman–Crippen MR) is 108 cm³/mol. The van der Waals surface area contributed by atoms with Crippen molar-refractivity contribution in [1.82, 2.24) is 9.97 Å². The van der Waals surface area contributed by atoms with Crippen LogP contribution < -0.4 is 20.3 Å². The minimum absolute atomic E-state index is 0.0650. The number of hydrogen-bond acceptors (Lipinski definition) is 7. The van der Waals surface area contributed by atoms with Gasteiger partial charge in [-0.2, -0.15) is 8.78 Å². The van der Waals surface area contributed by atoms with E-state index in [4.69, 9.17) is 15.5 Å². The molecule has 1 saturated carbocycles. The lowest BCUT2D eigenvalue weighted by Crippen LogP contribution is -2.37. The molecule has 0 amide bonds. The van der Waals surface area contributed by atoms with E-state index in [-0.39, 0.29) is 17.7 Å². The van der Waals surface area contributed by atoms with Crippen molar-refractivity contribution in [2.75, 3.05) is 35.2 Å². The molecule has 0 spiro atoms. The van der Waals surface area contributed by atoms with E-state index in [0.29, 0.717) is 23.3 Å². The summed E-state index contributed by atoms with van der Waals surface area (Å²) in [5, 5.41) is 0. The molecule has 6 heterocycles. The fraction of sp³-hybridized carbons (Fsp3) is 0.524. The molecule has 7 rings (SSSR count). The highest BCUT2D eigenvalue weighted by Gasteiger charge is 2.44. The molecule has 2 N–H and O–H groups in total. The zero-order valence-corrected chi connectivity index (χ0v) is 16.4. The van der Waals surface area contributed by atoms with Crippen molar-refractivity contribution >= 4 is 17.3 Å². The van der Waals surface area contributed by atoms with Gasteiger partial charge in [0.25, 0.3) is 0 Å². The van der Waals surface area contributed by atoms with Crippen LogP contribution in [-0.2, 0) is 4.74 Å². The molecule has 4 bridgehead atoms. The molecule has 9 heteroatoms. The van der Waals surface area contributed by atoms with Crippen molar-refractivity contribution in [2.45, 2.75) is 44.1 Å². The molecule has 2 atom stereocenters. The van der Waals surface area contributed by atoms with Crippen LogP contribution in [0.3, 0.4) is 0 Å². The Kier molecular flexibility index (Phi) is 4.02. The van der Waals surface area contributed by atoms with Gasteiger partial charge in [-0.25, -0.2) is 9.97 Å². The van der Waals surface area contributed by atoms with E-state index in [0.717, 1.165) is 43.5 Å². The quantitative estimate of drug-likeness (QED) is 0.805. The molecule has 4 saturated heterocycles. The number of nitrogen functional groups attached to an aromatic ring is 1. The number of anilines is 3. The molecule has 0 aromatic carbocycles. The molecule has 30 heavy (non-hydrogen) atoms. The van der Waals surface area contributed by atoms with Crippen molar-refractivity contribution in [2.24, 2.45) is 5.92 Å². The van der Waals surface area contributed by atoms with Crippen LogP contribution in [0.5, 0.6) is 5.75 Å². The first-order valence-electron chi connectivity index (χ1n) is 10.4. The number of nitrogens with zero attached hydrogens (tertiary/aromatic N) is 4. The van der Waals surface area contributed by atoms with Gasteiger partial charge in [-0.05, 0) is 37.3 Å². The summed E-state index contributed by atoms with van der Waals surface area (Å²) < 4.78 is 35.8. The minimum atomic E-state index is -2.96. The Balaban J connectivity index is 1.41. The summed E-state index contributed by atoms with van der Waals surface area (Å²) in [5.74, 6) is 1.49. The van der Waals surface area contributed by atoms with Crippen LogP contribution >= 0.6 is 0 Å². The van der Waals surface area contributed by atoms with E-state index in [2.05, 4.69) is 25.6 Å². The van der Waals surface area contributed by atoms with E-state index >= 15 is 0 Å². The van der Waals surface area contributed by atoms with Crippen molar-refractivity contribution in [3.05, 3.63) is 24.4 Å². The van der Waals surface area contributed by atoms with Crippen LogP contribution in [0.4, 0.5) is 26.1 Å². The SMILES string of the molecule is Nc1ncc(-c2cc(N3CC4CC3CO4)cc(N3CC4CC3C4)n2)cc1OC(F)F. The summed E-state index contributed by atoms with van der Waals surface area (Å²) in [4.78, 5) is 13.7. The van der Waals surface area contributed by atoms with Crippen LogP contribution in [0.15, 0.2) is 24.4 Å². The molecule has 0 radical (unpaired) electrons. The second-order valence-electron chi connectivity index (χ2n) is 8.70. The average molecular weight is 415 g/mol. The number of fused-ring (bicyclic) bond motifs is 3. The molecule has 2 unspecified atom stereocenters. The van der Waals surface area contributed by atoms with Gasteiger partial charge < -0.3 is 25.0 Å². The van der Waals surface area contributed by atoms with Crippen molar-refractivity contribution in [3.63, 3.8) is 0 Å². The lowest BCUT2D eigenvalue weighted by atomic mass is 9.86. The van der Waals surface area contributed by atoms with E-state index in [1.54, 1.807) is 6.20 Å². The average Bonchev–Trinajstić information content (AvgIpc) is 3.48. The van der Waals surface area contributed by atoms with Crippen LogP contribution in [0.1, 0.15) is 19.3 Å². The number of pyridine rings is 2. The minimum Gasteiger partial charge on any atom is -0.431 e. The summed E-state index contributed by atoms with van der Waals surface area (Å²) in [6, 6.07) is 6.57. The molecule has 2 aromatic heterocycles. The van der Waals surface area contributed by atoms with Gasteiger partial charge >= 0.3 is 6.61 Å². The van der Waals surface area contributed by atoms with Gasteiger partial charge in [-0.3, -0.25) is 0 Å². The highest BCUT2D eigenvalue weighted by Crippen LogP contribution is 2.44. The Hall–Kier alpha value is -2.68. The normalized spacial score (nSPS) is 29.0. The molecule has 5 fully saturated rings. The largest absolute Gasteiger partial charge is 0.431 e. The zero-order valence-electron chi connectivity index (χ0n) is 16.4. The van der Waals surface area contributed by atoms with E-state index in [1.165, 1.54) is 18.9 Å². The van der Waals surface area contributed by atoms with E-state index in [1.807, 2.05) is 6.07 Å². The molecule has 5 aliphatic rings. The Labute approximate surface area is 172 Å². The third kappa shape index (κ3) is 2.94. The van der Waals surface area contributed by atoms with Gasteiger partial charge in [-0.1, -0.05) is 0 Å². The molecular formula is C21H23F2N5O2. The molecule has 4 aliphatic heterocycles. The summed E-state index contributed by atoms with van der Waals surface area (Å²) in [6.45, 7) is -0.341. The predicted octanol–water partition coefficient (Wildman–Crippen LogP) is 2.90. The summed E-state index contributed by atoms with van der Waals surface area (Å²) >= 11 is 0. The van der Waals surface area contributed by atoms with Crippen molar-refractivity contribution < 1.29 is 18.3 Å². The maximum absolute atomic E-state index is 12.8. The summed E-state index contributed by atoms with van der Waals surface area (Å²) in [5.41, 5.74) is 8.09. The lowest BCUT2D eigenvalue weighted by Gasteiger charge is -2.31. The van der Waals surface area contributed by atoms with Gasteiger partial charge in [-0.15, -0.1) is 0 Å². The van der Waals surface area contributed by atoms with E-state index in [9.17, 15) is 8.78 Å². The van der Waals surface area contributed by atoms with Gasteiger partial charge in [0.05, 0.1) is 24.4 Å². The highest BCUT2D eigenvalue weighted by molar-refractivity contribution is 5.72. The van der Waals surface area contributed by atoms with Crippen molar-refractivity contribution in [1.29, 1.82) is 0 Å². The maximum atomic E-state index is 12.8. The van der Waals surface area contributed by atoms with Gasteiger partial charge in [0, 0.05) is 42.6 Å². The number of hydrogen-bond donors (Lipinski definition) is 1. The van der Waals surface area contributed by atoms with Gasteiger partial charge in [0.15, 0.2) is 11.6 Å². The topological polar surface area (TPSA) is 76.7 Å². The highest BCUT2D eigenvalue weighted by atomic mass is 19.3. The first kappa shape index (κ1) is 18.1. The summed E-state index contributed by atoms with van der Waals surface area (Å²) in [7, 11) is 0. The standard InChI is InChI=1S/C21H23F2N5O2/c22-21(23)30-18-3-12(7-25-20(18)24)17-5-14(27-9-16-4-15(27)10-29-16)6-19(26-17)28-8-11-1-13(28)2-11/h3,5-7,11,13,15-16,21H,1-2,4,8-10H2,(H2,24,25). The molecule has 158 valence electrons. The second kappa shape index (κ2) is 6.66. The number of rotatable bonds is 5. The van der Waals surface area contributed by atoms with Gasteiger partial charge in [0.1, 0.15) is 5.82 Å². The molecule has 7 nitrogen and oxygen atoms in total. The zero-order chi connectivity index (χ0) is 20.4. The first-order valence-corrected chi connectivity index (χ1v) is 10.4. The second-order valence-corrected chi connectivity index (χ2v) is 8.70. The monoisotopic (exact) mass is 415 g/mol. The number of alkyl halides is 2. The van der Waals surface area contributed by atoms with Gasteiger partial charge in [0.2, 0.25) is 0 Å². The fourth-order valence-electron chi connectivity index (χ4n) is 5.28. The van der Waals surface area contributed by atoms with Crippen molar-refractivity contribution in [3.8, 4) is 17.0 Å². The third-order valence-corrected chi connectivity index (χ3v) is 6.82. The smallest absolute Gasteiger partial charge is 0.387 e. The number of ether oxygens (including phenoxy) is 2. The van der Waals surface area contributed by atoms with Crippen LogP contribution in [0, 0.1) is 5.92 Å². The Bertz CT molecular complexity index is 984. The Morgan fingerprint density at radius 3 is 2.63 bits per heavy atom.